The lowest BCUT2D eigenvalue weighted by Crippen LogP contribution is -1.99. The number of furan rings is 1. The molecule has 2 N–H and O–H groups in total. The Hall–Kier alpha value is -2.14. The van der Waals surface area contributed by atoms with Crippen LogP contribution < -0.4 is 0 Å². The number of hydrogen-bond acceptors (Lipinski definition) is 4. The van der Waals surface area contributed by atoms with Crippen LogP contribution in [0.15, 0.2) is 35.0 Å². The van der Waals surface area contributed by atoms with Crippen LogP contribution in [0.5, 0.6) is 0 Å². The monoisotopic (exact) mass is 233 g/mol. The fraction of sp³-hybridized carbons (Fsp3) is 0.167. The third kappa shape index (κ3) is 2.34. The maximum absolute atomic E-state index is 10.6. The molecule has 2 aromatic rings. The summed E-state index contributed by atoms with van der Waals surface area (Å²) in [4.78, 5) is 14.6. The predicted octanol–water partition coefficient (Wildman–Crippen LogP) is 1.76. The molecular weight excluding hydrogens is 222 g/mol. The predicted molar refractivity (Wildman–Crippen MR) is 58.7 cm³/mol. The molecule has 1 unspecified atom stereocenters. The van der Waals surface area contributed by atoms with Crippen molar-refractivity contribution in [3.05, 3.63) is 53.2 Å². The topological polar surface area (TPSA) is 83.6 Å². The Morgan fingerprint density at radius 2 is 2.18 bits per heavy atom. The van der Waals surface area contributed by atoms with E-state index in [9.17, 15) is 9.90 Å². The van der Waals surface area contributed by atoms with Gasteiger partial charge in [-0.2, -0.15) is 0 Å². The second kappa shape index (κ2) is 4.39. The number of aryl methyl sites for hydroxylation is 1. The second-order valence-electron chi connectivity index (χ2n) is 3.71. The highest BCUT2D eigenvalue weighted by molar-refractivity contribution is 5.84. The number of aliphatic hydroxyl groups is 1. The Morgan fingerprint density at radius 1 is 1.41 bits per heavy atom. The molecule has 0 bridgehead atoms. The lowest BCUT2D eigenvalue weighted by Gasteiger charge is -2.07. The molecule has 0 fully saturated rings. The van der Waals surface area contributed by atoms with E-state index >= 15 is 0 Å². The van der Waals surface area contributed by atoms with Gasteiger partial charge in [0.2, 0.25) is 5.76 Å². The quantitative estimate of drug-likeness (QED) is 0.843. The molecule has 0 amide bonds. The normalized spacial score (nSPS) is 12.4. The molecule has 0 aliphatic carbocycles. The van der Waals surface area contributed by atoms with Gasteiger partial charge >= 0.3 is 5.97 Å². The summed E-state index contributed by atoms with van der Waals surface area (Å²) < 4.78 is 5.02. The molecule has 17 heavy (non-hydrogen) atoms. The second-order valence-corrected chi connectivity index (χ2v) is 3.71. The van der Waals surface area contributed by atoms with Gasteiger partial charge in [-0.25, -0.2) is 4.79 Å². The van der Waals surface area contributed by atoms with E-state index < -0.39 is 12.1 Å². The van der Waals surface area contributed by atoms with Crippen molar-refractivity contribution in [1.82, 2.24) is 4.98 Å². The molecule has 0 aromatic carbocycles. The van der Waals surface area contributed by atoms with Gasteiger partial charge in [-0.05, 0) is 30.7 Å². The first-order valence-corrected chi connectivity index (χ1v) is 5.00. The summed E-state index contributed by atoms with van der Waals surface area (Å²) in [6.45, 7) is 1.86. The number of aliphatic hydroxyl groups excluding tert-OH is 1. The van der Waals surface area contributed by atoms with Crippen LogP contribution in [0.2, 0.25) is 0 Å². The van der Waals surface area contributed by atoms with Crippen LogP contribution in [0.1, 0.15) is 33.5 Å². The van der Waals surface area contributed by atoms with E-state index in [2.05, 4.69) is 4.98 Å². The molecule has 0 saturated carbocycles. The van der Waals surface area contributed by atoms with Gasteiger partial charge in [-0.3, -0.25) is 4.98 Å². The lowest BCUT2D eigenvalue weighted by atomic mass is 10.1. The number of nitrogens with zero attached hydrogens (tertiary/aromatic N) is 1. The standard InChI is InChI=1S/C12H11NO4/c1-7-4-8(6-13-5-7)11(14)9-2-3-10(17-9)12(15)16/h2-6,11,14H,1H3,(H,15,16). The molecule has 1 atom stereocenters. The van der Waals surface area contributed by atoms with Gasteiger partial charge in [-0.15, -0.1) is 0 Å². The summed E-state index contributed by atoms with van der Waals surface area (Å²) in [6.07, 6.45) is 2.18. The zero-order valence-electron chi connectivity index (χ0n) is 9.12. The minimum atomic E-state index is -1.16. The van der Waals surface area contributed by atoms with Gasteiger partial charge in [0.05, 0.1) is 0 Å². The van der Waals surface area contributed by atoms with Crippen molar-refractivity contribution in [2.45, 2.75) is 13.0 Å². The molecule has 0 aliphatic heterocycles. The smallest absolute Gasteiger partial charge is 0.371 e. The first-order valence-electron chi connectivity index (χ1n) is 5.00. The minimum absolute atomic E-state index is 0.190. The molecule has 2 heterocycles. The highest BCUT2D eigenvalue weighted by Gasteiger charge is 2.17. The summed E-state index contributed by atoms with van der Waals surface area (Å²) in [6, 6.07) is 4.52. The lowest BCUT2D eigenvalue weighted by molar-refractivity contribution is 0.0655. The van der Waals surface area contributed by atoms with E-state index in [0.29, 0.717) is 5.56 Å². The highest BCUT2D eigenvalue weighted by Crippen LogP contribution is 2.23. The average Bonchev–Trinajstić information content (AvgIpc) is 2.77. The Balaban J connectivity index is 2.30. The molecular formula is C12H11NO4. The van der Waals surface area contributed by atoms with Crippen molar-refractivity contribution in [2.75, 3.05) is 0 Å². The van der Waals surface area contributed by atoms with Crippen LogP contribution in [0.25, 0.3) is 0 Å². The van der Waals surface area contributed by atoms with Crippen LogP contribution in [0.3, 0.4) is 0 Å². The zero-order chi connectivity index (χ0) is 12.4. The van der Waals surface area contributed by atoms with Crippen LogP contribution in [0, 0.1) is 6.92 Å². The third-order valence-corrected chi connectivity index (χ3v) is 2.32. The van der Waals surface area contributed by atoms with Crippen LogP contribution >= 0.6 is 0 Å². The number of rotatable bonds is 3. The van der Waals surface area contributed by atoms with E-state index in [1.54, 1.807) is 12.3 Å². The molecule has 0 aliphatic rings. The molecule has 5 heteroatoms. The molecule has 0 radical (unpaired) electrons. The van der Waals surface area contributed by atoms with Gasteiger partial charge in [0.15, 0.2) is 0 Å². The summed E-state index contributed by atoms with van der Waals surface area (Å²) >= 11 is 0. The highest BCUT2D eigenvalue weighted by atomic mass is 16.4. The van der Waals surface area contributed by atoms with Crippen molar-refractivity contribution in [3.8, 4) is 0 Å². The van der Waals surface area contributed by atoms with Gasteiger partial charge < -0.3 is 14.6 Å². The van der Waals surface area contributed by atoms with E-state index in [4.69, 9.17) is 9.52 Å². The van der Waals surface area contributed by atoms with Crippen molar-refractivity contribution < 1.29 is 19.4 Å². The fourth-order valence-electron chi connectivity index (χ4n) is 1.51. The summed E-state index contributed by atoms with van der Waals surface area (Å²) in [5.74, 6) is -1.17. The third-order valence-electron chi connectivity index (χ3n) is 2.32. The maximum Gasteiger partial charge on any atom is 0.371 e. The number of carboxylic acids is 1. The van der Waals surface area contributed by atoms with E-state index in [1.807, 2.05) is 6.92 Å². The molecule has 2 aromatic heterocycles. The van der Waals surface area contributed by atoms with Crippen molar-refractivity contribution in [3.63, 3.8) is 0 Å². The maximum atomic E-state index is 10.6. The first-order chi connectivity index (χ1) is 8.08. The van der Waals surface area contributed by atoms with Crippen molar-refractivity contribution >= 4 is 5.97 Å². The van der Waals surface area contributed by atoms with Gasteiger partial charge in [0.1, 0.15) is 11.9 Å². The number of aromatic nitrogens is 1. The largest absolute Gasteiger partial charge is 0.475 e. The molecule has 0 spiro atoms. The van der Waals surface area contributed by atoms with Gasteiger partial charge in [0.25, 0.3) is 0 Å². The Bertz CT molecular complexity index is 547. The number of pyridine rings is 1. The molecule has 5 nitrogen and oxygen atoms in total. The van der Waals surface area contributed by atoms with E-state index in [0.717, 1.165) is 5.56 Å². The summed E-state index contributed by atoms with van der Waals surface area (Å²) in [7, 11) is 0. The van der Waals surface area contributed by atoms with Gasteiger partial charge in [0, 0.05) is 18.0 Å². The Morgan fingerprint density at radius 3 is 2.76 bits per heavy atom. The number of hydrogen-bond donors (Lipinski definition) is 2. The van der Waals surface area contributed by atoms with Crippen LogP contribution in [-0.2, 0) is 0 Å². The van der Waals surface area contributed by atoms with Crippen LogP contribution in [0.4, 0.5) is 0 Å². The van der Waals surface area contributed by atoms with Gasteiger partial charge in [-0.1, -0.05) is 0 Å². The molecule has 0 saturated heterocycles. The molecule has 88 valence electrons. The fourth-order valence-corrected chi connectivity index (χ4v) is 1.51. The van der Waals surface area contributed by atoms with E-state index in [-0.39, 0.29) is 11.5 Å². The van der Waals surface area contributed by atoms with Crippen molar-refractivity contribution in [2.24, 2.45) is 0 Å². The number of carboxylic acid groups (broad SMARTS) is 1. The number of carbonyl (C=O) groups is 1. The average molecular weight is 233 g/mol. The van der Waals surface area contributed by atoms with Crippen molar-refractivity contribution in [1.29, 1.82) is 0 Å². The summed E-state index contributed by atoms with van der Waals surface area (Å²) in [5.41, 5.74) is 1.47. The SMILES string of the molecule is Cc1cncc(C(O)c2ccc(C(=O)O)o2)c1. The molecule has 2 rings (SSSR count). The van der Waals surface area contributed by atoms with Crippen LogP contribution in [-0.4, -0.2) is 21.2 Å². The minimum Gasteiger partial charge on any atom is -0.475 e. The Labute approximate surface area is 97.3 Å². The first kappa shape index (κ1) is 11.3. The Kier molecular flexibility index (Phi) is 2.93. The summed E-state index contributed by atoms with van der Waals surface area (Å²) in [5, 5.41) is 18.7. The zero-order valence-corrected chi connectivity index (χ0v) is 9.12. The number of aromatic carboxylic acids is 1. The van der Waals surface area contributed by atoms with E-state index in [1.165, 1.54) is 18.3 Å².